The summed E-state index contributed by atoms with van der Waals surface area (Å²) >= 11 is 9.47. The van der Waals surface area contributed by atoms with E-state index in [2.05, 4.69) is 15.9 Å². The quantitative estimate of drug-likeness (QED) is 0.869. The molecular formula is C15H15BrClNO. The Morgan fingerprint density at radius 3 is 2.47 bits per heavy atom. The van der Waals surface area contributed by atoms with Gasteiger partial charge in [0.2, 0.25) is 0 Å². The van der Waals surface area contributed by atoms with Gasteiger partial charge in [0, 0.05) is 10.5 Å². The van der Waals surface area contributed by atoms with Crippen molar-refractivity contribution in [3.05, 3.63) is 57.5 Å². The largest absolute Gasteiger partial charge is 0.456 e. The van der Waals surface area contributed by atoms with Crippen LogP contribution < -0.4 is 10.5 Å². The van der Waals surface area contributed by atoms with E-state index in [9.17, 15) is 0 Å². The summed E-state index contributed by atoms with van der Waals surface area (Å²) in [5, 5.41) is 0.578. The first kappa shape index (κ1) is 14.4. The monoisotopic (exact) mass is 339 g/mol. The third kappa shape index (κ3) is 4.23. The SMILES string of the molecule is CC(N)Cc1ccc(Oc2ccc(Br)cc2Cl)cc1. The fraction of sp³-hybridized carbons (Fsp3) is 0.200. The van der Waals surface area contributed by atoms with E-state index in [1.54, 1.807) is 6.07 Å². The Morgan fingerprint density at radius 1 is 1.21 bits per heavy atom. The maximum atomic E-state index is 6.11. The molecule has 2 nitrogen and oxygen atoms in total. The van der Waals surface area contributed by atoms with Gasteiger partial charge in [-0.05, 0) is 49.2 Å². The van der Waals surface area contributed by atoms with Crippen LogP contribution in [0.25, 0.3) is 0 Å². The van der Waals surface area contributed by atoms with Crippen LogP contribution in [-0.4, -0.2) is 6.04 Å². The molecule has 1 unspecified atom stereocenters. The molecule has 2 rings (SSSR count). The van der Waals surface area contributed by atoms with Gasteiger partial charge in [0.15, 0.2) is 0 Å². The lowest BCUT2D eigenvalue weighted by molar-refractivity contribution is 0.482. The van der Waals surface area contributed by atoms with Crippen LogP contribution in [0.3, 0.4) is 0 Å². The van der Waals surface area contributed by atoms with Gasteiger partial charge < -0.3 is 10.5 Å². The third-order valence-electron chi connectivity index (χ3n) is 2.60. The van der Waals surface area contributed by atoms with E-state index in [1.165, 1.54) is 5.56 Å². The minimum atomic E-state index is 0.160. The first-order valence-electron chi connectivity index (χ1n) is 6.02. The molecule has 0 amide bonds. The lowest BCUT2D eigenvalue weighted by Gasteiger charge is -2.09. The maximum Gasteiger partial charge on any atom is 0.146 e. The summed E-state index contributed by atoms with van der Waals surface area (Å²) < 4.78 is 6.67. The van der Waals surface area contributed by atoms with Gasteiger partial charge in [-0.1, -0.05) is 39.7 Å². The maximum absolute atomic E-state index is 6.11. The Morgan fingerprint density at radius 2 is 1.89 bits per heavy atom. The average molecular weight is 341 g/mol. The fourth-order valence-corrected chi connectivity index (χ4v) is 2.46. The van der Waals surface area contributed by atoms with Crippen LogP contribution in [0.15, 0.2) is 46.9 Å². The van der Waals surface area contributed by atoms with E-state index in [4.69, 9.17) is 22.1 Å². The molecule has 0 spiro atoms. The molecule has 0 radical (unpaired) electrons. The Balaban J connectivity index is 2.10. The molecule has 2 aromatic carbocycles. The molecule has 0 aliphatic heterocycles. The van der Waals surface area contributed by atoms with Gasteiger partial charge in [0.25, 0.3) is 0 Å². The first-order valence-corrected chi connectivity index (χ1v) is 7.19. The normalized spacial score (nSPS) is 12.2. The van der Waals surface area contributed by atoms with Gasteiger partial charge in [-0.15, -0.1) is 0 Å². The third-order valence-corrected chi connectivity index (χ3v) is 3.39. The van der Waals surface area contributed by atoms with Crippen molar-refractivity contribution in [3.8, 4) is 11.5 Å². The van der Waals surface area contributed by atoms with Crippen molar-refractivity contribution in [2.75, 3.05) is 0 Å². The summed E-state index contributed by atoms with van der Waals surface area (Å²) in [6.07, 6.45) is 0.860. The lowest BCUT2D eigenvalue weighted by atomic mass is 10.1. The molecule has 0 fully saturated rings. The Bertz CT molecular complexity index is 555. The van der Waals surface area contributed by atoms with E-state index in [1.807, 2.05) is 43.3 Å². The number of benzene rings is 2. The predicted octanol–water partition coefficient (Wildman–Crippen LogP) is 4.78. The molecule has 0 heterocycles. The molecule has 2 aromatic rings. The second-order valence-electron chi connectivity index (χ2n) is 4.50. The number of ether oxygens (including phenoxy) is 1. The smallest absolute Gasteiger partial charge is 0.146 e. The van der Waals surface area contributed by atoms with Gasteiger partial charge in [-0.3, -0.25) is 0 Å². The topological polar surface area (TPSA) is 35.2 Å². The van der Waals surface area contributed by atoms with Crippen LogP contribution in [0.1, 0.15) is 12.5 Å². The second-order valence-corrected chi connectivity index (χ2v) is 5.83. The Kier molecular flexibility index (Phi) is 4.86. The second kappa shape index (κ2) is 6.42. The fourth-order valence-electron chi connectivity index (χ4n) is 1.75. The highest BCUT2D eigenvalue weighted by atomic mass is 79.9. The zero-order valence-electron chi connectivity index (χ0n) is 10.6. The molecule has 19 heavy (non-hydrogen) atoms. The van der Waals surface area contributed by atoms with Crippen LogP contribution >= 0.6 is 27.5 Å². The van der Waals surface area contributed by atoms with E-state index in [-0.39, 0.29) is 6.04 Å². The van der Waals surface area contributed by atoms with Crippen molar-refractivity contribution in [3.63, 3.8) is 0 Å². The van der Waals surface area contributed by atoms with Crippen LogP contribution in [0.2, 0.25) is 5.02 Å². The van der Waals surface area contributed by atoms with Crippen molar-refractivity contribution >= 4 is 27.5 Å². The van der Waals surface area contributed by atoms with Crippen molar-refractivity contribution in [1.29, 1.82) is 0 Å². The number of hydrogen-bond donors (Lipinski definition) is 1. The molecule has 0 saturated heterocycles. The molecule has 0 aliphatic carbocycles. The van der Waals surface area contributed by atoms with Crippen LogP contribution in [-0.2, 0) is 6.42 Å². The molecule has 0 saturated carbocycles. The summed E-state index contributed by atoms with van der Waals surface area (Å²) in [5.41, 5.74) is 6.97. The minimum Gasteiger partial charge on any atom is -0.456 e. The van der Waals surface area contributed by atoms with Crippen LogP contribution in [0.5, 0.6) is 11.5 Å². The van der Waals surface area contributed by atoms with E-state index >= 15 is 0 Å². The molecule has 1 atom stereocenters. The Hall–Kier alpha value is -1.03. The minimum absolute atomic E-state index is 0.160. The van der Waals surface area contributed by atoms with Crippen molar-refractivity contribution in [2.24, 2.45) is 5.73 Å². The van der Waals surface area contributed by atoms with Crippen molar-refractivity contribution in [2.45, 2.75) is 19.4 Å². The molecule has 0 bridgehead atoms. The van der Waals surface area contributed by atoms with Gasteiger partial charge >= 0.3 is 0 Å². The predicted molar refractivity (Wildman–Crippen MR) is 83.0 cm³/mol. The molecule has 0 aromatic heterocycles. The molecular weight excluding hydrogens is 326 g/mol. The van der Waals surface area contributed by atoms with Gasteiger partial charge in [0.1, 0.15) is 11.5 Å². The van der Waals surface area contributed by atoms with Gasteiger partial charge in [-0.2, -0.15) is 0 Å². The number of hydrogen-bond acceptors (Lipinski definition) is 2. The average Bonchev–Trinajstić information content (AvgIpc) is 2.34. The highest BCUT2D eigenvalue weighted by Gasteiger charge is 2.04. The van der Waals surface area contributed by atoms with Gasteiger partial charge in [-0.25, -0.2) is 0 Å². The number of halogens is 2. The van der Waals surface area contributed by atoms with E-state index < -0.39 is 0 Å². The summed E-state index contributed by atoms with van der Waals surface area (Å²) in [6.45, 7) is 1.99. The van der Waals surface area contributed by atoms with Crippen LogP contribution in [0, 0.1) is 0 Å². The zero-order valence-corrected chi connectivity index (χ0v) is 12.9. The van der Waals surface area contributed by atoms with E-state index in [0.717, 1.165) is 16.6 Å². The standard InChI is InChI=1S/C15H15BrClNO/c1-10(18)8-11-2-5-13(6-3-11)19-15-7-4-12(16)9-14(15)17/h2-7,9-10H,8,18H2,1H3. The summed E-state index contributed by atoms with van der Waals surface area (Å²) in [4.78, 5) is 0. The molecule has 2 N–H and O–H groups in total. The Labute approximate surface area is 126 Å². The lowest BCUT2D eigenvalue weighted by Crippen LogP contribution is -2.17. The summed E-state index contributed by atoms with van der Waals surface area (Å²) in [7, 11) is 0. The zero-order chi connectivity index (χ0) is 13.8. The molecule has 4 heteroatoms. The van der Waals surface area contributed by atoms with Crippen LogP contribution in [0.4, 0.5) is 0 Å². The highest BCUT2D eigenvalue weighted by Crippen LogP contribution is 2.31. The summed E-state index contributed by atoms with van der Waals surface area (Å²) in [5.74, 6) is 1.41. The number of rotatable bonds is 4. The van der Waals surface area contributed by atoms with Gasteiger partial charge in [0.05, 0.1) is 5.02 Å². The first-order chi connectivity index (χ1) is 9.04. The van der Waals surface area contributed by atoms with Crippen molar-refractivity contribution in [1.82, 2.24) is 0 Å². The number of nitrogens with two attached hydrogens (primary N) is 1. The summed E-state index contributed by atoms with van der Waals surface area (Å²) in [6, 6.07) is 13.6. The molecule has 100 valence electrons. The molecule has 0 aliphatic rings. The van der Waals surface area contributed by atoms with E-state index in [0.29, 0.717) is 10.8 Å². The highest BCUT2D eigenvalue weighted by molar-refractivity contribution is 9.10. The van der Waals surface area contributed by atoms with Crippen molar-refractivity contribution < 1.29 is 4.74 Å².